The highest BCUT2D eigenvalue weighted by molar-refractivity contribution is 6.30. The van der Waals surface area contributed by atoms with Gasteiger partial charge < -0.3 is 4.74 Å². The maximum atomic E-state index is 6.34. The van der Waals surface area contributed by atoms with Crippen molar-refractivity contribution >= 4 is 11.6 Å². The lowest BCUT2D eigenvalue weighted by molar-refractivity contribution is 0.300. The smallest absolute Gasteiger partial charge is 0.178 e. The first kappa shape index (κ1) is 15.3. The highest BCUT2D eigenvalue weighted by atomic mass is 35.5. The van der Waals surface area contributed by atoms with Crippen molar-refractivity contribution < 1.29 is 4.74 Å². The van der Waals surface area contributed by atoms with E-state index in [1.54, 1.807) is 0 Å². The molecule has 0 saturated heterocycles. The Labute approximate surface area is 136 Å². The zero-order chi connectivity index (χ0) is 15.4. The van der Waals surface area contributed by atoms with Gasteiger partial charge in [-0.25, -0.2) is 9.97 Å². The molecular weight excluding hydrogens is 296 g/mol. The highest BCUT2D eigenvalue weighted by Crippen LogP contribution is 2.34. The predicted molar refractivity (Wildman–Crippen MR) is 88.4 cm³/mol. The summed E-state index contributed by atoms with van der Waals surface area (Å²) in [5, 5.41) is 0.434. The fraction of sp³-hybridized carbons (Fsp3) is 0.444. The molecule has 1 saturated carbocycles. The lowest BCUT2D eigenvalue weighted by atomic mass is 9.88. The highest BCUT2D eigenvalue weighted by Gasteiger charge is 2.21. The molecule has 1 aliphatic carbocycles. The molecule has 3 rings (SSSR count). The normalized spacial score (nSPS) is 15.7. The molecule has 22 heavy (non-hydrogen) atoms. The molecule has 1 fully saturated rings. The molecule has 3 nitrogen and oxygen atoms in total. The molecule has 0 unspecified atom stereocenters. The van der Waals surface area contributed by atoms with E-state index in [0.29, 0.717) is 23.4 Å². The van der Waals surface area contributed by atoms with Crippen LogP contribution in [0.25, 0.3) is 0 Å². The molecule has 2 aromatic rings. The molecule has 1 aromatic carbocycles. The van der Waals surface area contributed by atoms with Crippen LogP contribution in [-0.2, 0) is 6.61 Å². The standard InChI is InChI=1S/C18H21ClN2O/c1-13-16(22-12-14-8-4-2-5-9-14)17(19)21-18(20-13)15-10-6-3-7-11-15/h2,4-5,8-9,15H,3,6-7,10-12H2,1H3. The minimum Gasteiger partial charge on any atom is -0.484 e. The maximum Gasteiger partial charge on any atom is 0.178 e. The van der Waals surface area contributed by atoms with E-state index in [1.165, 1.54) is 32.1 Å². The third kappa shape index (κ3) is 3.58. The van der Waals surface area contributed by atoms with Gasteiger partial charge in [0.05, 0.1) is 5.69 Å². The van der Waals surface area contributed by atoms with Crippen LogP contribution < -0.4 is 4.74 Å². The van der Waals surface area contributed by atoms with Crippen LogP contribution in [0.1, 0.15) is 55.1 Å². The van der Waals surface area contributed by atoms with Gasteiger partial charge in [0, 0.05) is 5.92 Å². The second-order valence-corrected chi connectivity index (χ2v) is 6.25. The third-order valence-corrected chi connectivity index (χ3v) is 4.46. The lowest BCUT2D eigenvalue weighted by Crippen LogP contribution is -2.11. The van der Waals surface area contributed by atoms with Crippen LogP contribution in [0, 0.1) is 6.92 Å². The van der Waals surface area contributed by atoms with Crippen molar-refractivity contribution in [1.29, 1.82) is 0 Å². The van der Waals surface area contributed by atoms with E-state index in [9.17, 15) is 0 Å². The topological polar surface area (TPSA) is 35.0 Å². The summed E-state index contributed by atoms with van der Waals surface area (Å²) in [6.45, 7) is 2.42. The minimum absolute atomic E-state index is 0.434. The Morgan fingerprint density at radius 2 is 1.82 bits per heavy atom. The van der Waals surface area contributed by atoms with E-state index in [-0.39, 0.29) is 0 Å². The number of hydrogen-bond acceptors (Lipinski definition) is 3. The van der Waals surface area contributed by atoms with Gasteiger partial charge in [0.2, 0.25) is 0 Å². The maximum absolute atomic E-state index is 6.34. The van der Waals surface area contributed by atoms with Crippen LogP contribution in [0.5, 0.6) is 5.75 Å². The average molecular weight is 317 g/mol. The van der Waals surface area contributed by atoms with Crippen molar-refractivity contribution in [2.24, 2.45) is 0 Å². The van der Waals surface area contributed by atoms with Gasteiger partial charge >= 0.3 is 0 Å². The van der Waals surface area contributed by atoms with Gasteiger partial charge in [0.1, 0.15) is 12.4 Å². The summed E-state index contributed by atoms with van der Waals surface area (Å²) in [4.78, 5) is 9.15. The summed E-state index contributed by atoms with van der Waals surface area (Å²) < 4.78 is 5.84. The Bertz CT molecular complexity index is 601. The first-order valence-corrected chi connectivity index (χ1v) is 8.32. The van der Waals surface area contributed by atoms with Gasteiger partial charge in [0.25, 0.3) is 0 Å². The molecule has 1 aromatic heterocycles. The molecule has 1 heterocycles. The zero-order valence-corrected chi connectivity index (χ0v) is 13.6. The van der Waals surface area contributed by atoms with Gasteiger partial charge in [-0.3, -0.25) is 0 Å². The van der Waals surface area contributed by atoms with E-state index in [0.717, 1.165) is 17.1 Å². The molecule has 0 atom stereocenters. The molecule has 0 radical (unpaired) electrons. The SMILES string of the molecule is Cc1nc(C2CCCCC2)nc(Cl)c1OCc1ccccc1. The average Bonchev–Trinajstić information content (AvgIpc) is 2.56. The molecule has 0 N–H and O–H groups in total. The fourth-order valence-corrected chi connectivity index (χ4v) is 3.26. The van der Waals surface area contributed by atoms with Gasteiger partial charge in [0.15, 0.2) is 10.9 Å². The van der Waals surface area contributed by atoms with Crippen molar-refractivity contribution in [2.75, 3.05) is 0 Å². The van der Waals surface area contributed by atoms with Gasteiger partial charge in [-0.1, -0.05) is 61.2 Å². The molecular formula is C18H21ClN2O. The molecule has 0 amide bonds. The lowest BCUT2D eigenvalue weighted by Gasteiger charge is -2.21. The van der Waals surface area contributed by atoms with Crippen LogP contribution in [0.2, 0.25) is 5.15 Å². The molecule has 116 valence electrons. The van der Waals surface area contributed by atoms with Crippen molar-refractivity contribution in [2.45, 2.75) is 51.6 Å². The van der Waals surface area contributed by atoms with Crippen molar-refractivity contribution in [1.82, 2.24) is 9.97 Å². The first-order chi connectivity index (χ1) is 10.7. The van der Waals surface area contributed by atoms with Crippen molar-refractivity contribution in [3.8, 4) is 5.75 Å². The number of aryl methyl sites for hydroxylation is 1. The predicted octanol–water partition coefficient (Wildman–Crippen LogP) is 5.07. The summed E-state index contributed by atoms with van der Waals surface area (Å²) in [7, 11) is 0. The first-order valence-electron chi connectivity index (χ1n) is 7.95. The Kier molecular flexibility index (Phi) is 4.94. The number of rotatable bonds is 4. The second-order valence-electron chi connectivity index (χ2n) is 5.90. The van der Waals surface area contributed by atoms with Gasteiger partial charge in [-0.15, -0.1) is 0 Å². The summed E-state index contributed by atoms with van der Waals surface area (Å²) >= 11 is 6.34. The summed E-state index contributed by atoms with van der Waals surface area (Å²) in [6, 6.07) is 10.0. The van der Waals surface area contributed by atoms with Gasteiger partial charge in [-0.05, 0) is 25.3 Å². The number of aromatic nitrogens is 2. The fourth-order valence-electron chi connectivity index (χ4n) is 2.99. The molecule has 0 aliphatic heterocycles. The number of hydrogen-bond donors (Lipinski definition) is 0. The van der Waals surface area contributed by atoms with E-state index in [1.807, 2.05) is 37.3 Å². The molecule has 0 bridgehead atoms. The Balaban J connectivity index is 1.74. The van der Waals surface area contributed by atoms with Crippen LogP contribution in [-0.4, -0.2) is 9.97 Å². The quantitative estimate of drug-likeness (QED) is 0.739. The Morgan fingerprint density at radius 3 is 2.50 bits per heavy atom. The van der Waals surface area contributed by atoms with Crippen LogP contribution >= 0.6 is 11.6 Å². The molecule has 4 heteroatoms. The van der Waals surface area contributed by atoms with Crippen LogP contribution in [0.15, 0.2) is 30.3 Å². The number of benzene rings is 1. The largest absolute Gasteiger partial charge is 0.484 e. The van der Waals surface area contributed by atoms with Gasteiger partial charge in [-0.2, -0.15) is 0 Å². The van der Waals surface area contributed by atoms with E-state index in [2.05, 4.69) is 9.97 Å². The number of ether oxygens (including phenoxy) is 1. The summed E-state index contributed by atoms with van der Waals surface area (Å²) in [5.74, 6) is 1.94. The Hall–Kier alpha value is -1.61. The van der Waals surface area contributed by atoms with Crippen LogP contribution in [0.3, 0.4) is 0 Å². The second kappa shape index (κ2) is 7.10. The monoisotopic (exact) mass is 316 g/mol. The minimum atomic E-state index is 0.434. The number of nitrogens with zero attached hydrogens (tertiary/aromatic N) is 2. The van der Waals surface area contributed by atoms with Crippen LogP contribution in [0.4, 0.5) is 0 Å². The van der Waals surface area contributed by atoms with E-state index < -0.39 is 0 Å². The summed E-state index contributed by atoms with van der Waals surface area (Å²) in [6.07, 6.45) is 6.18. The zero-order valence-electron chi connectivity index (χ0n) is 12.9. The summed E-state index contributed by atoms with van der Waals surface area (Å²) in [5.41, 5.74) is 1.94. The van der Waals surface area contributed by atoms with Crippen molar-refractivity contribution in [3.05, 3.63) is 52.6 Å². The van der Waals surface area contributed by atoms with E-state index in [4.69, 9.17) is 16.3 Å². The van der Waals surface area contributed by atoms with Crippen molar-refractivity contribution in [3.63, 3.8) is 0 Å². The Morgan fingerprint density at radius 1 is 1.09 bits per heavy atom. The number of halogens is 1. The van der Waals surface area contributed by atoms with E-state index >= 15 is 0 Å². The molecule has 1 aliphatic rings. The molecule has 0 spiro atoms. The third-order valence-electron chi connectivity index (χ3n) is 4.21.